The first-order valence-corrected chi connectivity index (χ1v) is 6.59. The van der Waals surface area contributed by atoms with Gasteiger partial charge in [0, 0.05) is 10.9 Å². The molecule has 0 aliphatic carbocycles. The molecule has 19 heavy (non-hydrogen) atoms. The fourth-order valence-electron chi connectivity index (χ4n) is 2.12. The molecule has 0 bridgehead atoms. The first-order valence-electron chi connectivity index (χ1n) is 5.83. The van der Waals surface area contributed by atoms with E-state index < -0.39 is 0 Å². The van der Waals surface area contributed by atoms with Gasteiger partial charge in [0.15, 0.2) is 0 Å². The number of halogens is 2. The monoisotopic (exact) mass is 291 g/mol. The van der Waals surface area contributed by atoms with Crippen molar-refractivity contribution in [3.05, 3.63) is 69.9 Å². The predicted octanol–water partition coefficient (Wildman–Crippen LogP) is 4.79. The molecule has 0 saturated heterocycles. The lowest BCUT2D eigenvalue weighted by Crippen LogP contribution is -2.11. The first kappa shape index (κ1) is 12.5. The molecule has 0 saturated carbocycles. The molecule has 1 aromatic heterocycles. The molecule has 0 radical (unpaired) electrons. The highest BCUT2D eigenvalue weighted by atomic mass is 35.5. The summed E-state index contributed by atoms with van der Waals surface area (Å²) in [7, 11) is 0. The van der Waals surface area contributed by atoms with E-state index in [4.69, 9.17) is 33.4 Å². The zero-order valence-corrected chi connectivity index (χ0v) is 11.4. The summed E-state index contributed by atoms with van der Waals surface area (Å²) in [5.41, 5.74) is 8.95. The van der Waals surface area contributed by atoms with Crippen LogP contribution in [0.15, 0.2) is 53.1 Å². The van der Waals surface area contributed by atoms with E-state index in [1.807, 2.05) is 30.3 Å². The highest BCUT2D eigenvalue weighted by Gasteiger charge is 2.15. The normalized spacial score (nSPS) is 12.8. The number of hydrogen-bond donors (Lipinski definition) is 1. The highest BCUT2D eigenvalue weighted by Crippen LogP contribution is 2.31. The average molecular weight is 292 g/mol. The van der Waals surface area contributed by atoms with Gasteiger partial charge in [0.25, 0.3) is 0 Å². The van der Waals surface area contributed by atoms with Crippen LogP contribution < -0.4 is 5.73 Å². The van der Waals surface area contributed by atoms with Crippen molar-refractivity contribution >= 4 is 34.2 Å². The molecular formula is C15H11Cl2NO. The van der Waals surface area contributed by atoms with Gasteiger partial charge in [-0.1, -0.05) is 47.5 Å². The molecule has 3 rings (SSSR count). The van der Waals surface area contributed by atoms with Crippen LogP contribution in [0.25, 0.3) is 11.0 Å². The second-order valence-electron chi connectivity index (χ2n) is 4.34. The summed E-state index contributed by atoms with van der Waals surface area (Å²) in [4.78, 5) is 0. The van der Waals surface area contributed by atoms with Gasteiger partial charge in [-0.05, 0) is 23.8 Å². The topological polar surface area (TPSA) is 39.2 Å². The smallest absolute Gasteiger partial charge is 0.134 e. The van der Waals surface area contributed by atoms with E-state index in [-0.39, 0.29) is 6.04 Å². The van der Waals surface area contributed by atoms with E-state index in [0.717, 1.165) is 22.1 Å². The molecule has 2 N–H and O–H groups in total. The standard InChI is InChI=1S/C15H11Cl2NO/c16-12-6-5-9(7-13(12)17)15(18)11-8-19-14-4-2-1-3-10(11)14/h1-8,15H,18H2. The number of benzene rings is 2. The third-order valence-corrected chi connectivity index (χ3v) is 3.89. The van der Waals surface area contributed by atoms with Crippen LogP contribution in [0.4, 0.5) is 0 Å². The van der Waals surface area contributed by atoms with Crippen molar-refractivity contribution in [1.82, 2.24) is 0 Å². The third-order valence-electron chi connectivity index (χ3n) is 3.15. The van der Waals surface area contributed by atoms with Crippen LogP contribution in [0.5, 0.6) is 0 Å². The predicted molar refractivity (Wildman–Crippen MR) is 78.7 cm³/mol. The quantitative estimate of drug-likeness (QED) is 0.737. The molecule has 1 atom stereocenters. The Labute approximate surface area is 120 Å². The molecule has 3 aromatic rings. The van der Waals surface area contributed by atoms with Crippen LogP contribution in [0.1, 0.15) is 17.2 Å². The summed E-state index contributed by atoms with van der Waals surface area (Å²) in [6, 6.07) is 12.9. The van der Waals surface area contributed by atoms with E-state index in [2.05, 4.69) is 0 Å². The van der Waals surface area contributed by atoms with Crippen LogP contribution >= 0.6 is 23.2 Å². The molecule has 1 unspecified atom stereocenters. The number of para-hydroxylation sites is 1. The minimum absolute atomic E-state index is 0.293. The lowest BCUT2D eigenvalue weighted by atomic mass is 9.99. The Morgan fingerprint density at radius 1 is 1.00 bits per heavy atom. The van der Waals surface area contributed by atoms with Crippen LogP contribution in [-0.2, 0) is 0 Å². The molecule has 0 aliphatic rings. The van der Waals surface area contributed by atoms with E-state index in [0.29, 0.717) is 10.0 Å². The fourth-order valence-corrected chi connectivity index (χ4v) is 2.43. The zero-order valence-electron chi connectivity index (χ0n) is 9.94. The number of nitrogens with two attached hydrogens (primary N) is 1. The summed E-state index contributed by atoms with van der Waals surface area (Å²) in [5, 5.41) is 2.04. The zero-order chi connectivity index (χ0) is 13.4. The van der Waals surface area contributed by atoms with Gasteiger partial charge < -0.3 is 10.2 Å². The molecular weight excluding hydrogens is 281 g/mol. The number of rotatable bonds is 2. The van der Waals surface area contributed by atoms with Crippen molar-refractivity contribution in [3.8, 4) is 0 Å². The Bertz CT molecular complexity index is 736. The summed E-state index contributed by atoms with van der Waals surface area (Å²) in [6.45, 7) is 0. The van der Waals surface area contributed by atoms with Gasteiger partial charge in [0.1, 0.15) is 5.58 Å². The van der Waals surface area contributed by atoms with Gasteiger partial charge >= 0.3 is 0 Å². The van der Waals surface area contributed by atoms with Crippen molar-refractivity contribution in [2.75, 3.05) is 0 Å². The van der Waals surface area contributed by atoms with Gasteiger partial charge in [0.05, 0.1) is 22.4 Å². The molecule has 0 aliphatic heterocycles. The van der Waals surface area contributed by atoms with Crippen molar-refractivity contribution in [3.63, 3.8) is 0 Å². The molecule has 0 spiro atoms. The SMILES string of the molecule is NC(c1ccc(Cl)c(Cl)c1)c1coc2ccccc12. The minimum Gasteiger partial charge on any atom is -0.464 e. The Morgan fingerprint density at radius 2 is 1.79 bits per heavy atom. The van der Waals surface area contributed by atoms with E-state index >= 15 is 0 Å². The van der Waals surface area contributed by atoms with Gasteiger partial charge in [0.2, 0.25) is 0 Å². The van der Waals surface area contributed by atoms with Gasteiger partial charge in [-0.25, -0.2) is 0 Å². The van der Waals surface area contributed by atoms with Crippen molar-refractivity contribution in [2.24, 2.45) is 5.73 Å². The van der Waals surface area contributed by atoms with Crippen molar-refractivity contribution in [2.45, 2.75) is 6.04 Å². The Morgan fingerprint density at radius 3 is 2.58 bits per heavy atom. The molecule has 4 heteroatoms. The van der Waals surface area contributed by atoms with E-state index in [1.165, 1.54) is 0 Å². The highest BCUT2D eigenvalue weighted by molar-refractivity contribution is 6.42. The van der Waals surface area contributed by atoms with Crippen LogP contribution in [0.3, 0.4) is 0 Å². The lowest BCUT2D eigenvalue weighted by molar-refractivity contribution is 0.607. The fraction of sp³-hybridized carbons (Fsp3) is 0.0667. The second kappa shape index (κ2) is 4.89. The number of furan rings is 1. The molecule has 0 amide bonds. The Hall–Kier alpha value is -1.48. The maximum Gasteiger partial charge on any atom is 0.134 e. The average Bonchev–Trinajstić information content (AvgIpc) is 2.85. The molecule has 2 nitrogen and oxygen atoms in total. The summed E-state index contributed by atoms with van der Waals surface area (Å²) in [6.07, 6.45) is 1.69. The summed E-state index contributed by atoms with van der Waals surface area (Å²) >= 11 is 11.9. The van der Waals surface area contributed by atoms with Gasteiger partial charge in [-0.3, -0.25) is 0 Å². The van der Waals surface area contributed by atoms with E-state index in [9.17, 15) is 0 Å². The second-order valence-corrected chi connectivity index (χ2v) is 5.15. The van der Waals surface area contributed by atoms with Crippen LogP contribution in [0.2, 0.25) is 10.0 Å². The third kappa shape index (κ3) is 2.23. The minimum atomic E-state index is -0.293. The molecule has 0 fully saturated rings. The largest absolute Gasteiger partial charge is 0.464 e. The van der Waals surface area contributed by atoms with Crippen LogP contribution in [-0.4, -0.2) is 0 Å². The summed E-state index contributed by atoms with van der Waals surface area (Å²) < 4.78 is 5.51. The first-order chi connectivity index (χ1) is 9.16. The Balaban J connectivity index is 2.08. The van der Waals surface area contributed by atoms with Crippen LogP contribution in [0, 0.1) is 0 Å². The van der Waals surface area contributed by atoms with Gasteiger partial charge in [-0.15, -0.1) is 0 Å². The maximum absolute atomic E-state index is 6.28. The maximum atomic E-state index is 6.28. The van der Waals surface area contributed by atoms with Crippen molar-refractivity contribution in [1.29, 1.82) is 0 Å². The molecule has 96 valence electrons. The summed E-state index contributed by atoms with van der Waals surface area (Å²) in [5.74, 6) is 0. The lowest BCUT2D eigenvalue weighted by Gasteiger charge is -2.11. The molecule has 1 heterocycles. The van der Waals surface area contributed by atoms with Gasteiger partial charge in [-0.2, -0.15) is 0 Å². The number of fused-ring (bicyclic) bond motifs is 1. The number of hydrogen-bond acceptors (Lipinski definition) is 2. The Kier molecular flexibility index (Phi) is 3.23. The van der Waals surface area contributed by atoms with E-state index in [1.54, 1.807) is 18.4 Å². The molecule has 2 aromatic carbocycles. The van der Waals surface area contributed by atoms with Crippen molar-refractivity contribution < 1.29 is 4.42 Å².